The van der Waals surface area contributed by atoms with Crippen LogP contribution in [0.1, 0.15) is 11.1 Å². The molecule has 5 heteroatoms. The van der Waals surface area contributed by atoms with Gasteiger partial charge in [0.05, 0.1) is 5.97 Å². The fourth-order valence-electron chi connectivity index (χ4n) is 1.25. The molecule has 1 N–H and O–H groups in total. The van der Waals surface area contributed by atoms with Crippen LogP contribution in [0.5, 0.6) is 0 Å². The van der Waals surface area contributed by atoms with Crippen molar-refractivity contribution in [3.05, 3.63) is 41.5 Å². The van der Waals surface area contributed by atoms with Gasteiger partial charge in [0.15, 0.2) is 0 Å². The molecule has 16 heavy (non-hydrogen) atoms. The van der Waals surface area contributed by atoms with Crippen molar-refractivity contribution in [3.63, 3.8) is 0 Å². The number of hydrogen-bond acceptors (Lipinski definition) is 3. The van der Waals surface area contributed by atoms with E-state index >= 15 is 0 Å². The molecule has 1 aromatic rings. The van der Waals surface area contributed by atoms with Gasteiger partial charge in [-0.3, -0.25) is 0 Å². The van der Waals surface area contributed by atoms with Gasteiger partial charge in [-0.15, -0.1) is 0 Å². The summed E-state index contributed by atoms with van der Waals surface area (Å²) in [6, 6.07) is 6.63. The van der Waals surface area contributed by atoms with Crippen LogP contribution in [-0.4, -0.2) is 17.0 Å². The summed E-state index contributed by atoms with van der Waals surface area (Å²) < 4.78 is 0. The molecule has 4 nitrogen and oxygen atoms in total. The summed E-state index contributed by atoms with van der Waals surface area (Å²) in [6.45, 7) is 1.70. The maximum Gasteiger partial charge on any atom is 1.00 e. The molecule has 0 amide bonds. The van der Waals surface area contributed by atoms with Crippen molar-refractivity contribution < 1.29 is 49.4 Å². The fraction of sp³-hybridized carbons (Fsp3) is 0.0909. The third kappa shape index (κ3) is 3.81. The van der Waals surface area contributed by atoms with Crippen molar-refractivity contribution in [2.24, 2.45) is 0 Å². The third-order valence-electron chi connectivity index (χ3n) is 1.92. The van der Waals surface area contributed by atoms with Crippen molar-refractivity contribution in [2.75, 3.05) is 0 Å². The number of aliphatic carboxylic acids is 2. The molecule has 0 atom stereocenters. The Kier molecular flexibility index (Phi) is 6.03. The normalized spacial score (nSPS) is 10.4. The molecule has 0 fully saturated rings. The van der Waals surface area contributed by atoms with Crippen molar-refractivity contribution in [1.29, 1.82) is 0 Å². The molecule has 0 aliphatic carbocycles. The summed E-state index contributed by atoms with van der Waals surface area (Å²) in [6.07, 6.45) is 0.637. The van der Waals surface area contributed by atoms with Crippen LogP contribution >= 0.6 is 0 Å². The van der Waals surface area contributed by atoms with Gasteiger partial charge in [-0.25, -0.2) is 4.79 Å². The number of hydrogen-bond donors (Lipinski definition) is 1. The molecule has 0 aliphatic rings. The van der Waals surface area contributed by atoms with Crippen LogP contribution in [0.2, 0.25) is 0 Å². The maximum atomic E-state index is 10.7. The van der Waals surface area contributed by atoms with Gasteiger partial charge in [0.25, 0.3) is 0 Å². The quantitative estimate of drug-likeness (QED) is 0.448. The Bertz CT molecular complexity index is 437. The van der Waals surface area contributed by atoms with E-state index in [1.807, 2.05) is 0 Å². The predicted molar refractivity (Wildman–Crippen MR) is 51.8 cm³/mol. The van der Waals surface area contributed by atoms with E-state index in [1.54, 1.807) is 31.2 Å². The van der Waals surface area contributed by atoms with Crippen LogP contribution in [0.25, 0.3) is 5.57 Å². The second-order valence-electron chi connectivity index (χ2n) is 3.00. The van der Waals surface area contributed by atoms with Crippen LogP contribution in [0.15, 0.2) is 30.3 Å². The smallest absolute Gasteiger partial charge is 0.545 e. The number of rotatable bonds is 3. The van der Waals surface area contributed by atoms with Crippen LogP contribution in [0.4, 0.5) is 0 Å². The topological polar surface area (TPSA) is 77.4 Å². The van der Waals surface area contributed by atoms with Crippen LogP contribution in [-0.2, 0) is 9.59 Å². The summed E-state index contributed by atoms with van der Waals surface area (Å²) >= 11 is 0. The minimum absolute atomic E-state index is 0. The van der Waals surface area contributed by atoms with Crippen LogP contribution in [0, 0.1) is 6.92 Å². The van der Waals surface area contributed by atoms with Gasteiger partial charge >= 0.3 is 35.5 Å². The Labute approximate surface area is 115 Å². The summed E-state index contributed by atoms with van der Waals surface area (Å²) in [5.74, 6) is -2.80. The Morgan fingerprint density at radius 2 is 1.88 bits per heavy atom. The van der Waals surface area contributed by atoms with Gasteiger partial charge in [0.1, 0.15) is 0 Å². The predicted octanol–water partition coefficient (Wildman–Crippen LogP) is -2.78. The summed E-state index contributed by atoms with van der Waals surface area (Å²) in [5, 5.41) is 19.3. The van der Waals surface area contributed by atoms with Crippen LogP contribution < -0.4 is 34.7 Å². The average Bonchev–Trinajstić information content (AvgIpc) is 2.15. The second kappa shape index (κ2) is 6.48. The first kappa shape index (κ1) is 14.9. The van der Waals surface area contributed by atoms with Crippen molar-refractivity contribution >= 4 is 17.5 Å². The number of carbonyl (C=O) groups excluding carboxylic acids is 1. The fourth-order valence-corrected chi connectivity index (χ4v) is 1.25. The average molecular weight is 228 g/mol. The molecule has 1 aromatic carbocycles. The number of aryl methyl sites for hydroxylation is 1. The minimum Gasteiger partial charge on any atom is -0.545 e. The summed E-state index contributed by atoms with van der Waals surface area (Å²) in [5.41, 5.74) is 0.731. The molecule has 0 spiro atoms. The van der Waals surface area contributed by atoms with Crippen LogP contribution in [0.3, 0.4) is 0 Å². The molecule has 0 heterocycles. The Hall–Kier alpha value is -1.10. The van der Waals surface area contributed by atoms with E-state index in [9.17, 15) is 14.7 Å². The molecule has 78 valence electrons. The SMILES string of the molecule is Cc1ccccc1/C(=C\C(=O)O)C(=O)[O-].[Na+]. The summed E-state index contributed by atoms with van der Waals surface area (Å²) in [7, 11) is 0. The van der Waals surface area contributed by atoms with E-state index in [2.05, 4.69) is 0 Å². The van der Waals surface area contributed by atoms with Crippen molar-refractivity contribution in [1.82, 2.24) is 0 Å². The maximum absolute atomic E-state index is 10.7. The van der Waals surface area contributed by atoms with E-state index in [1.165, 1.54) is 0 Å². The van der Waals surface area contributed by atoms with Gasteiger partial charge in [-0.05, 0) is 18.1 Å². The van der Waals surface area contributed by atoms with E-state index in [0.717, 1.165) is 0 Å². The molecule has 0 unspecified atom stereocenters. The van der Waals surface area contributed by atoms with E-state index in [4.69, 9.17) is 5.11 Å². The minimum atomic E-state index is -1.49. The molecule has 0 aromatic heterocycles. The van der Waals surface area contributed by atoms with Gasteiger partial charge < -0.3 is 15.0 Å². The Morgan fingerprint density at radius 1 is 1.31 bits per heavy atom. The Morgan fingerprint density at radius 3 is 2.31 bits per heavy atom. The van der Waals surface area contributed by atoms with Gasteiger partial charge in [-0.1, -0.05) is 24.3 Å². The third-order valence-corrected chi connectivity index (χ3v) is 1.92. The molecular formula is C11H9NaO4. The van der Waals surface area contributed by atoms with E-state index in [-0.39, 0.29) is 35.1 Å². The molecule has 1 rings (SSSR count). The van der Waals surface area contributed by atoms with E-state index < -0.39 is 11.9 Å². The number of carboxylic acids is 2. The number of benzene rings is 1. The van der Waals surface area contributed by atoms with Gasteiger partial charge in [-0.2, -0.15) is 0 Å². The van der Waals surface area contributed by atoms with E-state index in [0.29, 0.717) is 17.2 Å². The van der Waals surface area contributed by atoms with Crippen molar-refractivity contribution in [3.8, 4) is 0 Å². The molecule has 0 radical (unpaired) electrons. The Balaban J connectivity index is 0.00000225. The molecule has 0 bridgehead atoms. The van der Waals surface area contributed by atoms with Gasteiger partial charge in [0.2, 0.25) is 0 Å². The number of carbonyl (C=O) groups is 2. The first-order chi connectivity index (χ1) is 7.02. The van der Waals surface area contributed by atoms with Crippen molar-refractivity contribution in [2.45, 2.75) is 6.92 Å². The first-order valence-corrected chi connectivity index (χ1v) is 4.24. The zero-order valence-electron chi connectivity index (χ0n) is 9.06. The molecule has 0 saturated carbocycles. The molecule has 0 saturated heterocycles. The number of carboxylic acid groups (broad SMARTS) is 2. The summed E-state index contributed by atoms with van der Waals surface area (Å²) in [4.78, 5) is 21.2. The largest absolute Gasteiger partial charge is 1.00 e. The zero-order chi connectivity index (χ0) is 11.4. The monoisotopic (exact) mass is 228 g/mol. The first-order valence-electron chi connectivity index (χ1n) is 4.24. The van der Waals surface area contributed by atoms with Gasteiger partial charge in [0, 0.05) is 11.6 Å². The zero-order valence-corrected chi connectivity index (χ0v) is 11.1. The molecular weight excluding hydrogens is 219 g/mol. The second-order valence-corrected chi connectivity index (χ2v) is 3.00. The molecule has 0 aliphatic heterocycles. The standard InChI is InChI=1S/C11H10O4.Na/c1-7-4-2-3-5-8(7)9(11(14)15)6-10(12)13;/h2-6H,1H3,(H,12,13)(H,14,15);/q;+1/p-1/b9-6+;.